The van der Waals surface area contributed by atoms with Gasteiger partial charge in [0.2, 0.25) is 0 Å². The third-order valence-corrected chi connectivity index (χ3v) is 7.37. The lowest BCUT2D eigenvalue weighted by Crippen LogP contribution is -2.31. The van der Waals surface area contributed by atoms with Crippen molar-refractivity contribution >= 4 is 21.8 Å². The number of methoxy groups -OCH3 is 2. The van der Waals surface area contributed by atoms with Crippen LogP contribution in [-0.2, 0) is 6.42 Å². The number of hydrogen-bond acceptors (Lipinski definition) is 5. The Hall–Kier alpha value is -3.78. The van der Waals surface area contributed by atoms with Gasteiger partial charge in [0.15, 0.2) is 11.5 Å². The number of carbonyl (C=O) groups excluding carboxylic acids is 1. The Kier molecular flexibility index (Phi) is 6.69. The molecule has 0 saturated heterocycles. The van der Waals surface area contributed by atoms with Gasteiger partial charge in [-0.1, -0.05) is 40.2 Å². The summed E-state index contributed by atoms with van der Waals surface area (Å²) in [6.07, 6.45) is 0.626. The average molecular weight is 562 g/mol. The zero-order valence-corrected chi connectivity index (χ0v) is 22.7. The van der Waals surface area contributed by atoms with Gasteiger partial charge in [0.05, 0.1) is 20.3 Å². The van der Waals surface area contributed by atoms with Crippen LogP contribution in [0.4, 0.5) is 0 Å². The summed E-state index contributed by atoms with van der Waals surface area (Å²) in [5.41, 5.74) is 6.21. The predicted octanol–water partition coefficient (Wildman–Crippen LogP) is 5.97. The molecule has 0 fully saturated rings. The fourth-order valence-corrected chi connectivity index (χ4v) is 5.31. The first-order valence-corrected chi connectivity index (χ1v) is 12.8. The van der Waals surface area contributed by atoms with Crippen LogP contribution in [0.5, 0.6) is 17.2 Å². The van der Waals surface area contributed by atoms with Gasteiger partial charge < -0.3 is 19.5 Å². The van der Waals surface area contributed by atoms with Crippen molar-refractivity contribution in [2.24, 2.45) is 0 Å². The van der Waals surface area contributed by atoms with Crippen molar-refractivity contribution in [1.29, 1.82) is 0 Å². The van der Waals surface area contributed by atoms with Crippen LogP contribution in [-0.4, -0.2) is 46.9 Å². The molecule has 37 heavy (non-hydrogen) atoms. The molecule has 0 saturated carbocycles. The van der Waals surface area contributed by atoms with Crippen molar-refractivity contribution in [3.05, 3.63) is 92.6 Å². The Morgan fingerprint density at radius 3 is 2.46 bits per heavy atom. The molecule has 4 aromatic rings. The molecule has 3 aromatic carbocycles. The zero-order chi connectivity index (χ0) is 26.3. The number of hydrogen-bond donors (Lipinski definition) is 2. The number of aromatic hydroxyl groups is 1. The molecule has 0 radical (unpaired) electrons. The van der Waals surface area contributed by atoms with Crippen LogP contribution in [0.3, 0.4) is 0 Å². The highest BCUT2D eigenvalue weighted by Crippen LogP contribution is 2.45. The largest absolute Gasteiger partial charge is 0.507 e. The number of ether oxygens (including phenoxy) is 2. The minimum atomic E-state index is -0.357. The highest BCUT2D eigenvalue weighted by Gasteiger charge is 2.42. The second kappa shape index (κ2) is 9.94. The van der Waals surface area contributed by atoms with Gasteiger partial charge in [-0.15, -0.1) is 0 Å². The van der Waals surface area contributed by atoms with Crippen LogP contribution in [0.25, 0.3) is 11.3 Å². The minimum Gasteiger partial charge on any atom is -0.507 e. The summed E-state index contributed by atoms with van der Waals surface area (Å²) in [4.78, 5) is 15.6. The lowest BCUT2D eigenvalue weighted by atomic mass is 9.94. The Balaban J connectivity index is 1.57. The molecule has 1 amide bonds. The first-order valence-electron chi connectivity index (χ1n) is 12.0. The highest BCUT2D eigenvalue weighted by molar-refractivity contribution is 9.10. The van der Waals surface area contributed by atoms with Crippen molar-refractivity contribution in [3.63, 3.8) is 0 Å². The number of fused-ring (bicyclic) bond motifs is 1. The molecule has 1 atom stereocenters. The Bertz CT molecular complexity index is 1480. The number of H-pyrrole nitrogens is 1. The molecule has 2 N–H and O–H groups in total. The number of phenolic OH excluding ortho intramolecular Hbond substituents is 1. The molecule has 190 valence electrons. The number of carbonyl (C=O) groups is 1. The summed E-state index contributed by atoms with van der Waals surface area (Å²) in [7, 11) is 3.22. The summed E-state index contributed by atoms with van der Waals surface area (Å²) < 4.78 is 11.8. The van der Waals surface area contributed by atoms with Gasteiger partial charge >= 0.3 is 0 Å². The van der Waals surface area contributed by atoms with Crippen LogP contribution < -0.4 is 9.47 Å². The Labute approximate surface area is 224 Å². The first-order chi connectivity index (χ1) is 17.8. The Morgan fingerprint density at radius 2 is 1.76 bits per heavy atom. The molecule has 5 rings (SSSR count). The van der Waals surface area contributed by atoms with E-state index in [1.807, 2.05) is 73.3 Å². The van der Waals surface area contributed by atoms with Crippen molar-refractivity contribution < 1.29 is 19.4 Å². The molecule has 8 heteroatoms. The fraction of sp³-hybridized carbons (Fsp3) is 0.241. The fourth-order valence-electron chi connectivity index (χ4n) is 5.05. The summed E-state index contributed by atoms with van der Waals surface area (Å²) >= 11 is 3.51. The first kappa shape index (κ1) is 24.9. The maximum atomic E-state index is 13.7. The molecule has 0 bridgehead atoms. The van der Waals surface area contributed by atoms with Gasteiger partial charge in [0, 0.05) is 22.1 Å². The number of aryl methyl sites for hydroxylation is 2. The lowest BCUT2D eigenvalue weighted by molar-refractivity contribution is 0.0746. The van der Waals surface area contributed by atoms with Crippen molar-refractivity contribution in [2.45, 2.75) is 26.3 Å². The van der Waals surface area contributed by atoms with Crippen LogP contribution in [0.15, 0.2) is 59.1 Å². The predicted molar refractivity (Wildman–Crippen MR) is 145 cm³/mol. The number of benzene rings is 3. The van der Waals surface area contributed by atoms with Crippen LogP contribution in [0.1, 0.15) is 44.3 Å². The lowest BCUT2D eigenvalue weighted by Gasteiger charge is -2.27. The number of amides is 1. The van der Waals surface area contributed by atoms with E-state index >= 15 is 0 Å². The normalized spacial score (nSPS) is 14.7. The van der Waals surface area contributed by atoms with E-state index in [2.05, 4.69) is 26.1 Å². The van der Waals surface area contributed by atoms with Crippen molar-refractivity contribution in [3.8, 4) is 28.5 Å². The third-order valence-electron chi connectivity index (χ3n) is 6.84. The molecule has 7 nitrogen and oxygen atoms in total. The van der Waals surface area contributed by atoms with Crippen molar-refractivity contribution in [1.82, 2.24) is 15.1 Å². The van der Waals surface area contributed by atoms with E-state index in [9.17, 15) is 9.90 Å². The average Bonchev–Trinajstić information content (AvgIpc) is 3.44. The number of phenols is 1. The number of aromatic amines is 1. The van der Waals surface area contributed by atoms with E-state index < -0.39 is 0 Å². The van der Waals surface area contributed by atoms with Gasteiger partial charge in [-0.2, -0.15) is 5.10 Å². The van der Waals surface area contributed by atoms with Crippen LogP contribution >= 0.6 is 15.9 Å². The molecular weight excluding hydrogens is 534 g/mol. The van der Waals surface area contributed by atoms with Crippen LogP contribution in [0.2, 0.25) is 0 Å². The number of halogens is 1. The van der Waals surface area contributed by atoms with Gasteiger partial charge in [0.1, 0.15) is 17.1 Å². The summed E-state index contributed by atoms with van der Waals surface area (Å²) in [6.45, 7) is 4.33. The summed E-state index contributed by atoms with van der Waals surface area (Å²) in [6, 6.07) is 17.2. The quantitative estimate of drug-likeness (QED) is 0.290. The molecule has 1 unspecified atom stereocenters. The maximum absolute atomic E-state index is 13.7. The maximum Gasteiger partial charge on any atom is 0.273 e. The topological polar surface area (TPSA) is 87.7 Å². The molecule has 0 aliphatic carbocycles. The molecular formula is C29H28BrN3O4. The number of rotatable bonds is 7. The second-order valence-corrected chi connectivity index (χ2v) is 10.1. The number of nitrogens with zero attached hydrogens (tertiary/aromatic N) is 2. The number of nitrogens with one attached hydrogen (secondary N) is 1. The highest BCUT2D eigenvalue weighted by atomic mass is 79.9. The van der Waals surface area contributed by atoms with E-state index in [0.717, 1.165) is 32.3 Å². The SMILES string of the molecule is COc1ccc(CCN2C(=O)c3[nH]nc(-c4cc(C)cc(C)c4O)c3C2c2ccc(Br)cc2)cc1OC. The molecule has 2 heterocycles. The van der Waals surface area contributed by atoms with E-state index in [4.69, 9.17) is 9.47 Å². The second-order valence-electron chi connectivity index (χ2n) is 9.23. The van der Waals surface area contributed by atoms with Crippen molar-refractivity contribution in [2.75, 3.05) is 20.8 Å². The van der Waals surface area contributed by atoms with Gasteiger partial charge in [-0.05, 0) is 72.9 Å². The third kappa shape index (κ3) is 4.46. The van der Waals surface area contributed by atoms with E-state index in [1.165, 1.54) is 0 Å². The molecule has 1 aliphatic rings. The standard InChI is InChI=1S/C29H28BrN3O4/c1-16-13-17(2)28(34)21(14-16)25-24-26(32-31-25)29(35)33(27(24)19-6-8-20(30)9-7-19)12-11-18-5-10-22(36-3)23(15-18)37-4/h5-10,13-15,27,34H,11-12H2,1-4H3,(H,31,32). The Morgan fingerprint density at radius 1 is 1.03 bits per heavy atom. The summed E-state index contributed by atoms with van der Waals surface area (Å²) in [5, 5.41) is 18.4. The van der Waals surface area contributed by atoms with Crippen LogP contribution in [0, 0.1) is 13.8 Å². The van der Waals surface area contributed by atoms with Gasteiger partial charge in [0.25, 0.3) is 5.91 Å². The van der Waals surface area contributed by atoms with E-state index in [-0.39, 0.29) is 17.7 Å². The van der Waals surface area contributed by atoms with E-state index in [1.54, 1.807) is 14.2 Å². The monoisotopic (exact) mass is 561 g/mol. The number of aromatic nitrogens is 2. The summed E-state index contributed by atoms with van der Waals surface area (Å²) in [5.74, 6) is 1.37. The zero-order valence-electron chi connectivity index (χ0n) is 21.1. The van der Waals surface area contributed by atoms with Gasteiger partial charge in [-0.3, -0.25) is 9.89 Å². The molecule has 1 aromatic heterocycles. The minimum absolute atomic E-state index is 0.119. The smallest absolute Gasteiger partial charge is 0.273 e. The van der Waals surface area contributed by atoms with E-state index in [0.29, 0.717) is 41.4 Å². The van der Waals surface area contributed by atoms with Gasteiger partial charge in [-0.25, -0.2) is 0 Å². The molecule has 0 spiro atoms. The molecule has 1 aliphatic heterocycles.